The molecular weight excluding hydrogens is 304 g/mol. The molecule has 0 radical (unpaired) electrons. The van der Waals surface area contributed by atoms with Gasteiger partial charge in [0.05, 0.1) is 17.1 Å². The van der Waals surface area contributed by atoms with Crippen LogP contribution >= 0.6 is 0 Å². The number of nitrogens with one attached hydrogen (secondary N) is 2. The molecule has 1 unspecified atom stereocenters. The largest absolute Gasteiger partial charge is 0.381 e. The molecule has 2 aliphatic rings. The van der Waals surface area contributed by atoms with E-state index in [0.717, 1.165) is 35.4 Å². The van der Waals surface area contributed by atoms with Crippen LogP contribution in [0.2, 0.25) is 0 Å². The molecular formula is C18H24N4O2. The third-order valence-corrected chi connectivity index (χ3v) is 5.34. The molecule has 1 amide bonds. The molecule has 6 heteroatoms. The van der Waals surface area contributed by atoms with Crippen LogP contribution in [0.3, 0.4) is 0 Å². The van der Waals surface area contributed by atoms with Crippen molar-refractivity contribution in [1.29, 1.82) is 0 Å². The van der Waals surface area contributed by atoms with E-state index in [-0.39, 0.29) is 11.8 Å². The van der Waals surface area contributed by atoms with Crippen molar-refractivity contribution in [1.82, 2.24) is 9.97 Å². The lowest BCUT2D eigenvalue weighted by molar-refractivity contribution is -0.119. The Morgan fingerprint density at radius 3 is 2.79 bits per heavy atom. The molecule has 1 atom stereocenters. The normalized spacial score (nSPS) is 20.7. The van der Waals surface area contributed by atoms with Crippen molar-refractivity contribution in [3.8, 4) is 0 Å². The SMILES string of the molecule is NC(C(=O)Nc1ccc2nc(C3CCC3)[nH]c2c1)C1CCOCC1. The van der Waals surface area contributed by atoms with E-state index in [0.29, 0.717) is 19.1 Å². The summed E-state index contributed by atoms with van der Waals surface area (Å²) in [6.07, 6.45) is 5.40. The fraction of sp³-hybridized carbons (Fsp3) is 0.556. The molecule has 1 saturated carbocycles. The van der Waals surface area contributed by atoms with Crippen LogP contribution in [0, 0.1) is 5.92 Å². The van der Waals surface area contributed by atoms with E-state index in [2.05, 4.69) is 15.3 Å². The highest BCUT2D eigenvalue weighted by Gasteiger charge is 2.27. The molecule has 1 aliphatic heterocycles. The Hall–Kier alpha value is -1.92. The highest BCUT2D eigenvalue weighted by molar-refractivity contribution is 5.96. The minimum Gasteiger partial charge on any atom is -0.381 e. The first-order valence-corrected chi connectivity index (χ1v) is 8.84. The summed E-state index contributed by atoms with van der Waals surface area (Å²) in [6.45, 7) is 1.38. The number of amides is 1. The number of hydrogen-bond donors (Lipinski definition) is 3. The maximum absolute atomic E-state index is 12.4. The molecule has 1 saturated heterocycles. The minimum atomic E-state index is -0.489. The van der Waals surface area contributed by atoms with E-state index >= 15 is 0 Å². The lowest BCUT2D eigenvalue weighted by Gasteiger charge is -2.26. The van der Waals surface area contributed by atoms with Crippen molar-refractivity contribution < 1.29 is 9.53 Å². The number of nitrogens with two attached hydrogens (primary N) is 1. The van der Waals surface area contributed by atoms with Crippen LogP contribution in [0.1, 0.15) is 43.8 Å². The molecule has 0 spiro atoms. The number of H-pyrrole nitrogens is 1. The zero-order chi connectivity index (χ0) is 16.5. The van der Waals surface area contributed by atoms with Crippen LogP contribution in [0.15, 0.2) is 18.2 Å². The van der Waals surface area contributed by atoms with Crippen LogP contribution in [0.4, 0.5) is 5.69 Å². The number of aromatic nitrogens is 2. The summed E-state index contributed by atoms with van der Waals surface area (Å²) in [6, 6.07) is 5.29. The van der Waals surface area contributed by atoms with Gasteiger partial charge < -0.3 is 20.8 Å². The van der Waals surface area contributed by atoms with E-state index in [1.54, 1.807) is 0 Å². The topological polar surface area (TPSA) is 93.0 Å². The first-order chi connectivity index (χ1) is 11.7. The van der Waals surface area contributed by atoms with Gasteiger partial charge in [-0.1, -0.05) is 6.42 Å². The van der Waals surface area contributed by atoms with Gasteiger partial charge in [-0.15, -0.1) is 0 Å². The van der Waals surface area contributed by atoms with E-state index in [1.165, 1.54) is 19.3 Å². The summed E-state index contributed by atoms with van der Waals surface area (Å²) in [5, 5.41) is 2.95. The van der Waals surface area contributed by atoms with Crippen LogP contribution in [-0.2, 0) is 9.53 Å². The Labute approximate surface area is 141 Å². The molecule has 24 heavy (non-hydrogen) atoms. The van der Waals surface area contributed by atoms with Gasteiger partial charge >= 0.3 is 0 Å². The average Bonchev–Trinajstić information content (AvgIpc) is 2.95. The monoisotopic (exact) mass is 328 g/mol. The Morgan fingerprint density at radius 2 is 2.08 bits per heavy atom. The van der Waals surface area contributed by atoms with Gasteiger partial charge in [0, 0.05) is 24.8 Å². The highest BCUT2D eigenvalue weighted by Crippen LogP contribution is 2.35. The third kappa shape index (κ3) is 3.03. The van der Waals surface area contributed by atoms with Gasteiger partial charge in [-0.05, 0) is 49.8 Å². The summed E-state index contributed by atoms with van der Waals surface area (Å²) in [5.74, 6) is 1.70. The molecule has 4 N–H and O–H groups in total. The van der Waals surface area contributed by atoms with Crippen LogP contribution in [0.25, 0.3) is 11.0 Å². The van der Waals surface area contributed by atoms with Gasteiger partial charge in [-0.25, -0.2) is 4.98 Å². The van der Waals surface area contributed by atoms with E-state index < -0.39 is 6.04 Å². The summed E-state index contributed by atoms with van der Waals surface area (Å²) >= 11 is 0. The maximum Gasteiger partial charge on any atom is 0.241 e. The van der Waals surface area contributed by atoms with Crippen molar-refractivity contribution in [2.24, 2.45) is 11.7 Å². The van der Waals surface area contributed by atoms with Crippen molar-refractivity contribution in [2.75, 3.05) is 18.5 Å². The van der Waals surface area contributed by atoms with Crippen LogP contribution in [0.5, 0.6) is 0 Å². The van der Waals surface area contributed by atoms with Gasteiger partial charge in [0.25, 0.3) is 0 Å². The molecule has 2 heterocycles. The number of benzene rings is 1. The fourth-order valence-electron chi connectivity index (χ4n) is 3.50. The molecule has 128 valence electrons. The second-order valence-electron chi connectivity index (χ2n) is 6.95. The predicted octanol–water partition coefficient (Wildman–Crippen LogP) is 2.52. The molecule has 2 aromatic rings. The Kier molecular flexibility index (Phi) is 4.24. The Morgan fingerprint density at radius 1 is 1.29 bits per heavy atom. The number of aromatic amines is 1. The quantitative estimate of drug-likeness (QED) is 0.804. The zero-order valence-corrected chi connectivity index (χ0v) is 13.8. The number of imidazole rings is 1. The number of fused-ring (bicyclic) bond motifs is 1. The first-order valence-electron chi connectivity index (χ1n) is 8.84. The summed E-state index contributed by atoms with van der Waals surface area (Å²) in [7, 11) is 0. The number of anilines is 1. The lowest BCUT2D eigenvalue weighted by Crippen LogP contribution is -2.43. The smallest absolute Gasteiger partial charge is 0.241 e. The van der Waals surface area contributed by atoms with Crippen LogP contribution < -0.4 is 11.1 Å². The van der Waals surface area contributed by atoms with Crippen molar-refractivity contribution in [2.45, 2.75) is 44.1 Å². The van der Waals surface area contributed by atoms with Gasteiger partial charge in [-0.2, -0.15) is 0 Å². The second-order valence-corrected chi connectivity index (χ2v) is 6.95. The van der Waals surface area contributed by atoms with Crippen molar-refractivity contribution >= 4 is 22.6 Å². The molecule has 2 fully saturated rings. The van der Waals surface area contributed by atoms with E-state index in [4.69, 9.17) is 10.5 Å². The number of carbonyl (C=O) groups excluding carboxylic acids is 1. The molecule has 6 nitrogen and oxygen atoms in total. The fourth-order valence-corrected chi connectivity index (χ4v) is 3.50. The van der Waals surface area contributed by atoms with Crippen molar-refractivity contribution in [3.63, 3.8) is 0 Å². The number of nitrogens with zero attached hydrogens (tertiary/aromatic N) is 1. The summed E-state index contributed by atoms with van der Waals surface area (Å²) in [4.78, 5) is 20.5. The van der Waals surface area contributed by atoms with Crippen molar-refractivity contribution in [3.05, 3.63) is 24.0 Å². The standard InChI is InChI=1S/C18H24N4O2/c19-16(11-6-8-24-9-7-11)18(23)20-13-4-5-14-15(10-13)22-17(21-14)12-2-1-3-12/h4-5,10-12,16H,1-3,6-9,19H2,(H,20,23)(H,21,22). The molecule has 1 aliphatic carbocycles. The number of hydrogen-bond acceptors (Lipinski definition) is 4. The maximum atomic E-state index is 12.4. The minimum absolute atomic E-state index is 0.125. The van der Waals surface area contributed by atoms with Gasteiger partial charge in [0.2, 0.25) is 5.91 Å². The number of rotatable bonds is 4. The first kappa shape index (κ1) is 15.6. The highest BCUT2D eigenvalue weighted by atomic mass is 16.5. The average molecular weight is 328 g/mol. The summed E-state index contributed by atoms with van der Waals surface area (Å²) in [5.41, 5.74) is 8.81. The number of carbonyl (C=O) groups is 1. The van der Waals surface area contributed by atoms with Crippen LogP contribution in [-0.4, -0.2) is 35.1 Å². The Bertz CT molecular complexity index is 732. The number of ether oxygens (including phenoxy) is 1. The van der Waals surface area contributed by atoms with Gasteiger partial charge in [0.1, 0.15) is 5.82 Å². The predicted molar refractivity (Wildman–Crippen MR) is 92.8 cm³/mol. The zero-order valence-electron chi connectivity index (χ0n) is 13.8. The summed E-state index contributed by atoms with van der Waals surface area (Å²) < 4.78 is 5.33. The third-order valence-electron chi connectivity index (χ3n) is 5.34. The van der Waals surface area contributed by atoms with Gasteiger partial charge in [0.15, 0.2) is 0 Å². The molecule has 0 bridgehead atoms. The Balaban J connectivity index is 1.46. The molecule has 1 aromatic heterocycles. The molecule has 1 aromatic carbocycles. The van der Waals surface area contributed by atoms with E-state index in [1.807, 2.05) is 18.2 Å². The lowest BCUT2D eigenvalue weighted by atomic mass is 9.85. The van der Waals surface area contributed by atoms with Gasteiger partial charge in [-0.3, -0.25) is 4.79 Å². The molecule has 4 rings (SSSR count). The van der Waals surface area contributed by atoms with E-state index in [9.17, 15) is 4.79 Å². The second kappa shape index (κ2) is 6.53.